The van der Waals surface area contributed by atoms with Crippen LogP contribution in [0.4, 0.5) is 0 Å². The number of pyridine rings is 1. The van der Waals surface area contributed by atoms with Gasteiger partial charge in [-0.05, 0) is 45.6 Å². The van der Waals surface area contributed by atoms with Crippen LogP contribution in [0.15, 0.2) is 42.6 Å². The molecule has 0 bridgehead atoms. The molecule has 0 saturated carbocycles. The maximum atomic E-state index is 13.5. The lowest BCUT2D eigenvalue weighted by atomic mass is 9.91. The zero-order valence-electron chi connectivity index (χ0n) is 26.3. The highest BCUT2D eigenvalue weighted by Crippen LogP contribution is 2.32. The summed E-state index contributed by atoms with van der Waals surface area (Å²) in [7, 11) is 1.42. The fraction of sp³-hybridized carbons (Fsp3) is 0.576. The Morgan fingerprint density at radius 1 is 1.09 bits per heavy atom. The molecule has 0 spiro atoms. The van der Waals surface area contributed by atoms with Crippen LogP contribution >= 0.6 is 0 Å². The molecule has 0 aliphatic carbocycles. The van der Waals surface area contributed by atoms with Crippen molar-refractivity contribution in [1.29, 1.82) is 0 Å². The molecule has 236 valence electrons. The Hall–Kier alpha value is -3.50. The number of methoxy groups -OCH3 is 1. The number of rotatable bonds is 12. The molecule has 0 unspecified atom stereocenters. The fourth-order valence-corrected chi connectivity index (χ4v) is 4.67. The Labute approximate surface area is 254 Å². The molecule has 1 aromatic carbocycles. The number of ketones is 1. The van der Waals surface area contributed by atoms with E-state index in [9.17, 15) is 14.4 Å². The van der Waals surface area contributed by atoms with E-state index in [0.29, 0.717) is 25.6 Å². The molecular formula is C33H45NO9. The Balaban J connectivity index is 1.77. The quantitative estimate of drug-likeness (QED) is 0.186. The maximum absolute atomic E-state index is 13.5. The number of hydrogen-bond donors (Lipinski definition) is 0. The minimum atomic E-state index is -0.879. The summed E-state index contributed by atoms with van der Waals surface area (Å²) in [6.07, 6.45) is 0.904. The third kappa shape index (κ3) is 10.0. The smallest absolute Gasteiger partial charge is 0.314 e. The Morgan fingerprint density at radius 3 is 2.47 bits per heavy atom. The molecule has 4 atom stereocenters. The van der Waals surface area contributed by atoms with Crippen molar-refractivity contribution in [3.63, 3.8) is 0 Å². The number of Topliss-reactive ketones (excluding diaryl/α,β-unsaturated/α-hetero) is 1. The van der Waals surface area contributed by atoms with Crippen molar-refractivity contribution >= 4 is 17.7 Å². The van der Waals surface area contributed by atoms with Crippen LogP contribution in [-0.2, 0) is 35.0 Å². The van der Waals surface area contributed by atoms with E-state index in [1.54, 1.807) is 20.8 Å². The first-order valence-corrected chi connectivity index (χ1v) is 14.7. The van der Waals surface area contributed by atoms with Crippen molar-refractivity contribution in [2.24, 2.45) is 23.2 Å². The van der Waals surface area contributed by atoms with E-state index < -0.39 is 48.1 Å². The first-order valence-electron chi connectivity index (χ1n) is 14.7. The molecule has 1 fully saturated rings. The molecule has 43 heavy (non-hydrogen) atoms. The molecular weight excluding hydrogens is 554 g/mol. The molecule has 0 radical (unpaired) electrons. The molecule has 3 rings (SSSR count). The van der Waals surface area contributed by atoms with Crippen LogP contribution in [-0.4, -0.2) is 68.6 Å². The number of aromatic nitrogens is 1. The van der Waals surface area contributed by atoms with Gasteiger partial charge in [0.15, 0.2) is 23.0 Å². The summed E-state index contributed by atoms with van der Waals surface area (Å²) in [5.41, 5.74) is 0.351. The Kier molecular flexibility index (Phi) is 12.5. The first-order chi connectivity index (χ1) is 20.4. The van der Waals surface area contributed by atoms with E-state index in [1.807, 2.05) is 25.1 Å². The topological polar surface area (TPSA) is 119 Å². The standard InChI is InChI=1S/C33H45NO9/c1-21(2)17-40-29-22(3)43-31(36)25(19-39-18-24(29)15-23-11-9-8-10-12-23)16-26(35)28-30(27(38-7)13-14-34-28)41-20-42-32(37)33(4,5)6/h8-14,21-22,24-25,29H,15-20H2,1-7H3/t22-,24-,25-,29-/m0/s1. The zero-order valence-corrected chi connectivity index (χ0v) is 26.3. The number of carbonyl (C=O) groups excluding carboxylic acids is 3. The molecule has 1 aliphatic rings. The third-order valence-corrected chi connectivity index (χ3v) is 6.97. The van der Waals surface area contributed by atoms with Crippen LogP contribution in [0.25, 0.3) is 0 Å². The Morgan fingerprint density at radius 2 is 1.81 bits per heavy atom. The van der Waals surface area contributed by atoms with Crippen LogP contribution in [0.1, 0.15) is 64.0 Å². The van der Waals surface area contributed by atoms with Crippen LogP contribution in [0, 0.1) is 23.2 Å². The van der Waals surface area contributed by atoms with Gasteiger partial charge in [0.2, 0.25) is 6.79 Å². The van der Waals surface area contributed by atoms with Gasteiger partial charge in [-0.15, -0.1) is 0 Å². The minimum absolute atomic E-state index is 0.0111. The molecule has 2 heterocycles. The van der Waals surface area contributed by atoms with Gasteiger partial charge in [0.25, 0.3) is 0 Å². The van der Waals surface area contributed by atoms with Crippen molar-refractivity contribution < 1.29 is 42.8 Å². The number of esters is 2. The average molecular weight is 600 g/mol. The molecule has 1 aliphatic heterocycles. The number of nitrogens with zero attached hydrogens (tertiary/aromatic N) is 1. The normalized spacial score (nSPS) is 21.3. The minimum Gasteiger partial charge on any atom is -0.493 e. The van der Waals surface area contributed by atoms with Crippen LogP contribution in [0.2, 0.25) is 0 Å². The maximum Gasteiger partial charge on any atom is 0.314 e. The highest BCUT2D eigenvalue weighted by Gasteiger charge is 2.36. The lowest BCUT2D eigenvalue weighted by Gasteiger charge is -2.31. The second-order valence-electron chi connectivity index (χ2n) is 12.3. The van der Waals surface area contributed by atoms with E-state index in [2.05, 4.69) is 31.0 Å². The number of cyclic esters (lactones) is 1. The van der Waals surface area contributed by atoms with E-state index >= 15 is 0 Å². The second kappa shape index (κ2) is 15.8. The fourth-order valence-electron chi connectivity index (χ4n) is 4.67. The second-order valence-corrected chi connectivity index (χ2v) is 12.3. The van der Waals surface area contributed by atoms with Gasteiger partial charge in [0.05, 0.1) is 37.8 Å². The lowest BCUT2D eigenvalue weighted by molar-refractivity contribution is -0.163. The van der Waals surface area contributed by atoms with Crippen molar-refractivity contribution in [3.05, 3.63) is 53.9 Å². The highest BCUT2D eigenvalue weighted by molar-refractivity contribution is 5.99. The van der Waals surface area contributed by atoms with Gasteiger partial charge in [0, 0.05) is 31.2 Å². The SMILES string of the molecule is COc1ccnc(C(=O)C[C@H]2COC[C@H](Cc3ccccc3)[C@@H](OCC(C)C)[C@H](C)OC2=O)c1OCOC(=O)C(C)(C)C. The number of ether oxygens (including phenoxy) is 6. The van der Waals surface area contributed by atoms with Crippen LogP contribution in [0.5, 0.6) is 11.5 Å². The summed E-state index contributed by atoms with van der Waals surface area (Å²) in [4.78, 5) is 43.3. The predicted octanol–water partition coefficient (Wildman–Crippen LogP) is 5.07. The summed E-state index contributed by atoms with van der Waals surface area (Å²) >= 11 is 0. The molecule has 2 aromatic rings. The number of hydrogen-bond acceptors (Lipinski definition) is 10. The van der Waals surface area contributed by atoms with Gasteiger partial charge in [-0.3, -0.25) is 14.4 Å². The predicted molar refractivity (Wildman–Crippen MR) is 159 cm³/mol. The number of benzene rings is 1. The number of carbonyl (C=O) groups is 3. The van der Waals surface area contributed by atoms with E-state index in [4.69, 9.17) is 28.4 Å². The summed E-state index contributed by atoms with van der Waals surface area (Å²) in [6.45, 7) is 11.5. The highest BCUT2D eigenvalue weighted by atomic mass is 16.7. The van der Waals surface area contributed by atoms with E-state index in [-0.39, 0.29) is 36.1 Å². The van der Waals surface area contributed by atoms with Gasteiger partial charge in [-0.1, -0.05) is 44.2 Å². The molecule has 1 aromatic heterocycles. The molecule has 10 nitrogen and oxygen atoms in total. The first kappa shape index (κ1) is 34.0. The Bertz CT molecular complexity index is 1210. The average Bonchev–Trinajstić information content (AvgIpc) is 3.00. The van der Waals surface area contributed by atoms with Crippen molar-refractivity contribution in [1.82, 2.24) is 4.98 Å². The van der Waals surface area contributed by atoms with Gasteiger partial charge >= 0.3 is 11.9 Å². The van der Waals surface area contributed by atoms with Crippen LogP contribution in [0.3, 0.4) is 0 Å². The van der Waals surface area contributed by atoms with E-state index in [0.717, 1.165) is 5.56 Å². The van der Waals surface area contributed by atoms with Crippen molar-refractivity contribution in [3.8, 4) is 11.5 Å². The largest absolute Gasteiger partial charge is 0.493 e. The van der Waals surface area contributed by atoms with Crippen molar-refractivity contribution in [2.75, 3.05) is 33.7 Å². The van der Waals surface area contributed by atoms with Crippen LogP contribution < -0.4 is 9.47 Å². The van der Waals surface area contributed by atoms with Gasteiger partial charge in [-0.25, -0.2) is 4.98 Å². The molecule has 0 N–H and O–H groups in total. The third-order valence-electron chi connectivity index (χ3n) is 6.97. The lowest BCUT2D eigenvalue weighted by Crippen LogP contribution is -2.40. The van der Waals surface area contributed by atoms with Crippen molar-refractivity contribution in [2.45, 2.75) is 66.6 Å². The van der Waals surface area contributed by atoms with Gasteiger partial charge in [-0.2, -0.15) is 0 Å². The molecule has 1 saturated heterocycles. The van der Waals surface area contributed by atoms with Gasteiger partial charge < -0.3 is 28.4 Å². The summed E-state index contributed by atoms with van der Waals surface area (Å²) < 4.78 is 34.5. The summed E-state index contributed by atoms with van der Waals surface area (Å²) in [5, 5.41) is 0. The monoisotopic (exact) mass is 599 g/mol. The summed E-state index contributed by atoms with van der Waals surface area (Å²) in [6, 6.07) is 11.6. The molecule has 10 heteroatoms. The van der Waals surface area contributed by atoms with E-state index in [1.165, 1.54) is 19.4 Å². The molecule has 0 amide bonds. The summed E-state index contributed by atoms with van der Waals surface area (Å²) in [5.74, 6) is -1.89. The van der Waals surface area contributed by atoms with Gasteiger partial charge in [0.1, 0.15) is 6.10 Å². The zero-order chi connectivity index (χ0) is 31.6.